The number of imide groups is 1. The first-order chi connectivity index (χ1) is 66.4. The molecule has 7 aromatic rings. The van der Waals surface area contributed by atoms with E-state index < -0.39 is 40.8 Å². The second kappa shape index (κ2) is 42.9. The minimum atomic E-state index is -1.49. The number of carbonyl (C=O) groups excluding carboxylic acids is 6. The molecule has 7 aromatic carbocycles. The molecule has 15 atom stereocenters. The van der Waals surface area contributed by atoms with Crippen molar-refractivity contribution in [2.24, 2.45) is 56.0 Å². The van der Waals surface area contributed by atoms with E-state index >= 15 is 0 Å². The lowest BCUT2D eigenvalue weighted by Crippen LogP contribution is -2.55. The summed E-state index contributed by atoms with van der Waals surface area (Å²) in [5, 5.41) is 29.9. The van der Waals surface area contributed by atoms with Gasteiger partial charge in [0, 0.05) is 99.0 Å². The Morgan fingerprint density at radius 1 is 0.461 bits per heavy atom. The van der Waals surface area contributed by atoms with Crippen LogP contribution >= 0.6 is 134 Å². The van der Waals surface area contributed by atoms with Crippen LogP contribution in [-0.2, 0) is 51.7 Å². The standard InChI is InChI=1S/C25H26N4O2.C19H23BrN2O2S.C18H22BrN3O2.C17H19BrN2O3.C17H19BrN2O2S.C7H6BNO2.CH3I.HI.H3N/c1-4-16-10-11-24(14-16)15-25(22(30)29(3)23(26)28-25)20-13-18(8-9-21(20)31-24)17-6-5-7-19(12-17)27-2;1-4-12-7-8-18(10-12)11-19(16(23)22(2)17(21-19)25-3)14-9-13(20)5-6-15(14)24-18;1-3-11-6-7-17(9-11)10-18(15(23)22(2)16(20)21-18)13-8-12(19)4-5-14(13)24-17;1-2-10-5-6-16(8-10)9-17(14(21)19-15(22)20-17)12-7-11(18)3-4-13(12)23-16;1-2-10-5-6-16(8-10)9-17(14(21)19-15(23)20-17)12-7-11(18)3-4-13(12)22-16;1-9-7-4-2-3-6(5-7)8(10)11;1-2;;/h5-9,12-13,16H,4,10-11,14-15H2,1,3H3,(H2,26,28);5-6,9,12H,4,7-8,10-11H2,1-3H3;4-5,8,11H,3,6-7,9-10H2,1-2H3,(H2,20,21);3-4,7,10H,2,5-6,8-9H2,1H3,(H2,19,20,21,22);3-4,7,10H,2,5-6,8-9H2,1H3,(H2,19,20,21,23);2-5,10-11H;1H3;1H;1H3. The van der Waals surface area contributed by atoms with Crippen molar-refractivity contribution in [2.45, 2.75) is 251 Å². The molecule has 7 amide bonds. The van der Waals surface area contributed by atoms with Crippen LogP contribution in [0.5, 0.6) is 28.7 Å². The second-order valence-electron chi connectivity index (χ2n) is 39.7. The molecular weight excluding hydrogens is 2320 g/mol. The number of benzene rings is 7. The normalized spacial score (nSPS) is 30.5. The molecule has 5 saturated carbocycles. The first-order valence-electron chi connectivity index (χ1n) is 47.8. The van der Waals surface area contributed by atoms with Crippen molar-refractivity contribution in [3.63, 3.8) is 0 Å². The van der Waals surface area contributed by atoms with Gasteiger partial charge in [-0.05, 0) is 257 Å². The van der Waals surface area contributed by atoms with Gasteiger partial charge < -0.3 is 67.3 Å². The maximum absolute atomic E-state index is 13.5. The molecule has 15 unspecified atom stereocenters. The van der Waals surface area contributed by atoms with Gasteiger partial charge in [-0.1, -0.05) is 213 Å². The Hall–Kier alpha value is -8.49. The largest absolute Gasteiger partial charge is 0.487 e. The Bertz CT molecular complexity index is 6140. The van der Waals surface area contributed by atoms with Crippen LogP contribution in [0, 0.1) is 42.7 Å². The number of ether oxygens (including phenoxy) is 5. The number of nitrogens with one attached hydrogen (secondary N) is 4. The molecular formula is C104H122BBr4I2N15O13S2. The quantitative estimate of drug-likeness (QED) is 0.0179. The van der Waals surface area contributed by atoms with Crippen molar-refractivity contribution >= 4 is 216 Å². The number of hydrogen-bond donors (Lipinski definition) is 9. The van der Waals surface area contributed by atoms with Crippen molar-refractivity contribution in [3.05, 3.63) is 208 Å². The maximum atomic E-state index is 13.5. The summed E-state index contributed by atoms with van der Waals surface area (Å²) in [6.07, 6.45) is 25.9. The minimum Gasteiger partial charge on any atom is -0.487 e. The number of guanidine groups is 2. The Balaban J connectivity index is 0.000000136. The molecule has 13 N–H and O–H groups in total. The number of thiocarbonyl (C=S) groups is 1. The van der Waals surface area contributed by atoms with E-state index in [1.54, 1.807) is 43.3 Å². The number of aliphatic imine (C=N–C) groups is 3. The highest BCUT2D eigenvalue weighted by molar-refractivity contribution is 14.1. The third-order valence-electron chi connectivity index (χ3n) is 31.3. The molecule has 22 rings (SSSR count). The molecule has 28 nitrogen and oxygen atoms in total. The number of likely N-dealkylation sites (N-methyl/N-ethyl adjacent to an activating group) is 3. The molecule has 0 bridgehead atoms. The highest BCUT2D eigenvalue weighted by Gasteiger charge is 2.66. The van der Waals surface area contributed by atoms with Gasteiger partial charge in [-0.2, -0.15) is 0 Å². The van der Waals surface area contributed by atoms with Crippen molar-refractivity contribution in [3.8, 4) is 39.9 Å². The predicted molar refractivity (Wildman–Crippen MR) is 587 cm³/mol. The smallest absolute Gasteiger partial charge is 0.487 e. The van der Waals surface area contributed by atoms with Gasteiger partial charge in [0.1, 0.15) is 56.8 Å². The first-order valence-corrected chi connectivity index (χ1v) is 54.8. The molecule has 748 valence electrons. The number of amides is 7. The van der Waals surface area contributed by atoms with E-state index in [0.29, 0.717) is 95.1 Å². The summed E-state index contributed by atoms with van der Waals surface area (Å²) in [5.41, 5.74) is 13.2. The average Bonchev–Trinajstić information content (AvgIpc) is 1.61. The number of carbonyl (C=O) groups is 6. The monoisotopic (exact) mass is 2430 g/mol. The molecule has 5 aliphatic carbocycles. The molecule has 15 aliphatic rings. The molecule has 2 saturated heterocycles. The summed E-state index contributed by atoms with van der Waals surface area (Å²) in [6, 6.07) is 42.6. The average molecular weight is 2440 g/mol. The zero-order chi connectivity index (χ0) is 99.5. The van der Waals surface area contributed by atoms with E-state index in [1.165, 1.54) is 40.5 Å². The van der Waals surface area contributed by atoms with Gasteiger partial charge in [-0.3, -0.25) is 44.0 Å². The molecule has 37 heteroatoms. The van der Waals surface area contributed by atoms with Crippen molar-refractivity contribution in [2.75, 3.05) is 32.3 Å². The van der Waals surface area contributed by atoms with Crippen LogP contribution in [0.3, 0.4) is 0 Å². The third kappa shape index (κ3) is 20.6. The molecule has 0 aromatic heterocycles. The summed E-state index contributed by atoms with van der Waals surface area (Å²) in [7, 11) is 3.72. The fourth-order valence-electron chi connectivity index (χ4n) is 24.2. The van der Waals surface area contributed by atoms with E-state index in [-0.39, 0.29) is 99.6 Å². The third-order valence-corrected chi connectivity index (χ3v) is 34.2. The minimum absolute atomic E-state index is 0. The van der Waals surface area contributed by atoms with Crippen molar-refractivity contribution < 1.29 is 62.5 Å². The predicted octanol–water partition coefficient (Wildman–Crippen LogP) is 20.7. The van der Waals surface area contributed by atoms with Crippen molar-refractivity contribution in [1.29, 1.82) is 0 Å². The molecule has 10 heterocycles. The molecule has 10 aliphatic heterocycles. The van der Waals surface area contributed by atoms with Gasteiger partial charge in [0.2, 0.25) is 0 Å². The topological polar surface area (TPSA) is 380 Å². The van der Waals surface area contributed by atoms with Gasteiger partial charge in [0.15, 0.2) is 61.3 Å². The van der Waals surface area contributed by atoms with Gasteiger partial charge in [-0.15, -0.1) is 24.0 Å². The number of fused-ring (bicyclic) bond motifs is 10. The zero-order valence-corrected chi connectivity index (χ0v) is 93.3. The lowest BCUT2D eigenvalue weighted by atomic mass is 9.74. The number of amidine groups is 1. The summed E-state index contributed by atoms with van der Waals surface area (Å²) in [4.78, 5) is 105. The number of alkyl halides is 1. The molecule has 10 spiro atoms. The van der Waals surface area contributed by atoms with Crippen LogP contribution in [0.1, 0.15) is 223 Å². The van der Waals surface area contributed by atoms with E-state index in [4.69, 9.17) is 80.5 Å². The van der Waals surface area contributed by atoms with Gasteiger partial charge in [0.05, 0.1) is 13.1 Å². The SMILES string of the molecule is CCC1CCC2(C1)CC1(N=C(N)N(C)C1=O)c1cc(Br)ccc1O2.CCC1CCC2(C1)CC1(N=C(SC)N(C)C1=O)c1cc(Br)ccc1O2.CCC1CCC2(C1)CC1(NC(=O)NC1=O)c1cc(Br)ccc1O2.CCC1CCC2(C1)CC1(NC(=S)NC1=O)c1cc(Br)ccc1O2.CI.I.N.[C-]#[N+]c1cccc(-c2ccc3c(c2)C2(CC4(CCC(CC)C4)O3)N=C(N)N(C)C2=O)c1.[C-]#[N+]c1cccc(B(O)O)c1. The van der Waals surface area contributed by atoms with Crippen molar-refractivity contribution in [1.82, 2.24) is 42.1 Å². The Morgan fingerprint density at radius 2 is 0.787 bits per heavy atom. The van der Waals surface area contributed by atoms with Crippen LogP contribution in [-0.4, -0.2) is 150 Å². The second-order valence-corrected chi connectivity index (χ2v) is 44.6. The van der Waals surface area contributed by atoms with Crippen LogP contribution in [0.2, 0.25) is 0 Å². The highest BCUT2D eigenvalue weighted by atomic mass is 127. The van der Waals surface area contributed by atoms with Crippen LogP contribution in [0.15, 0.2) is 172 Å². The van der Waals surface area contributed by atoms with Crippen LogP contribution in [0.4, 0.5) is 16.2 Å². The molecule has 141 heavy (non-hydrogen) atoms. The number of hydrogen-bond acceptors (Lipinski definition) is 21. The number of urea groups is 1. The van der Waals surface area contributed by atoms with E-state index in [2.05, 4.69) is 157 Å². The summed E-state index contributed by atoms with van der Waals surface area (Å²) in [6.45, 7) is 25.0. The fraction of sp³-hybridized carbons (Fsp3) is 0.481. The zero-order valence-electron chi connectivity index (χ0n) is 80.9. The van der Waals surface area contributed by atoms with Crippen LogP contribution < -0.4 is 68.0 Å². The summed E-state index contributed by atoms with van der Waals surface area (Å²) in [5.74, 6) is 7.12. The lowest BCUT2D eigenvalue weighted by Gasteiger charge is -2.44. The maximum Gasteiger partial charge on any atom is 0.487 e. The number of thioether (sulfide) groups is 1. The fourth-order valence-corrected chi connectivity index (χ4v) is 26.5. The number of halogens is 6. The highest BCUT2D eigenvalue weighted by Crippen LogP contribution is 2.62. The van der Waals surface area contributed by atoms with Gasteiger partial charge >= 0.3 is 13.1 Å². The number of nitrogens with two attached hydrogens (primary N) is 2. The summed E-state index contributed by atoms with van der Waals surface area (Å²) >= 11 is 22.9. The van der Waals surface area contributed by atoms with Gasteiger partial charge in [0.25, 0.3) is 29.5 Å². The summed E-state index contributed by atoms with van der Waals surface area (Å²) < 4.78 is 36.1. The Kier molecular flexibility index (Phi) is 32.9. The number of rotatable bonds is 7. The molecule has 7 fully saturated rings. The van der Waals surface area contributed by atoms with E-state index in [9.17, 15) is 28.8 Å². The van der Waals surface area contributed by atoms with Gasteiger partial charge in [-0.25, -0.2) is 29.5 Å². The van der Waals surface area contributed by atoms with E-state index in [0.717, 1.165) is 195 Å². The van der Waals surface area contributed by atoms with Crippen LogP contribution in [0.25, 0.3) is 20.8 Å². The Labute approximate surface area is 899 Å². The number of nitrogens with zero attached hydrogens (tertiary/aromatic N) is 8. The lowest BCUT2D eigenvalue weighted by molar-refractivity contribution is -0.134. The van der Waals surface area contributed by atoms with E-state index in [1.807, 2.05) is 127 Å². The first kappa shape index (κ1) is 108. The Morgan fingerprint density at radius 3 is 1.11 bits per heavy atom. The molecule has 0 radical (unpaired) electrons.